The second-order valence-corrected chi connectivity index (χ2v) is 12.4. The number of fused-ring (bicyclic) bond motifs is 1. The Balaban J connectivity index is 1.83. The number of nitrogens with zero attached hydrogens (tertiary/aromatic N) is 3. The van der Waals surface area contributed by atoms with Gasteiger partial charge in [0.1, 0.15) is 17.6 Å². The zero-order valence-electron chi connectivity index (χ0n) is 27.2. The Morgan fingerprint density at radius 3 is 2.32 bits per heavy atom. The van der Waals surface area contributed by atoms with Crippen LogP contribution in [0.2, 0.25) is 0 Å². The standard InChI is InChI=1S/C35H51N3O6/c1-8-14-22-43-33(42)29-28-31(40)38(27(23-39)24(7)10-3)30(35(28)20-19-34(29,11-4)44-35)32(41)37(21-9-2)26-17-15-25(16-18-26)36(12-5)13-6/h8-9,15-18,24,27-30,39H,1-2,10-14,19-23H2,3-7H3/t24-,27-,28-,29+,30?,34-,35?/m0/s1. The first-order valence-corrected chi connectivity index (χ1v) is 16.3. The highest BCUT2D eigenvalue weighted by atomic mass is 16.6. The Bertz CT molecular complexity index is 1220. The van der Waals surface area contributed by atoms with Crippen LogP contribution in [0.25, 0.3) is 0 Å². The second-order valence-electron chi connectivity index (χ2n) is 12.4. The van der Waals surface area contributed by atoms with Crippen molar-refractivity contribution in [3.63, 3.8) is 0 Å². The number of esters is 1. The van der Waals surface area contributed by atoms with Crippen molar-refractivity contribution in [2.24, 2.45) is 17.8 Å². The fraction of sp³-hybridized carbons (Fsp3) is 0.629. The Kier molecular flexibility index (Phi) is 10.6. The van der Waals surface area contributed by atoms with Crippen LogP contribution in [-0.4, -0.2) is 83.9 Å². The van der Waals surface area contributed by atoms with Crippen LogP contribution < -0.4 is 9.80 Å². The summed E-state index contributed by atoms with van der Waals surface area (Å²) in [6, 6.07) is 6.20. The van der Waals surface area contributed by atoms with E-state index in [0.717, 1.165) is 18.8 Å². The number of likely N-dealkylation sites (tertiary alicyclic amines) is 1. The molecule has 2 bridgehead atoms. The third-order valence-corrected chi connectivity index (χ3v) is 10.4. The number of carbonyl (C=O) groups excluding carboxylic acids is 3. The van der Waals surface area contributed by atoms with Gasteiger partial charge in [-0.1, -0.05) is 39.3 Å². The van der Waals surface area contributed by atoms with Gasteiger partial charge in [0, 0.05) is 31.0 Å². The van der Waals surface area contributed by atoms with Gasteiger partial charge in [0.25, 0.3) is 5.91 Å². The quantitative estimate of drug-likeness (QED) is 0.164. The summed E-state index contributed by atoms with van der Waals surface area (Å²) in [6.45, 7) is 19.6. The number of amides is 2. The summed E-state index contributed by atoms with van der Waals surface area (Å²) in [6.07, 6.45) is 6.06. The lowest BCUT2D eigenvalue weighted by molar-refractivity contribution is -0.162. The molecule has 0 aliphatic carbocycles. The van der Waals surface area contributed by atoms with Gasteiger partial charge in [0.05, 0.1) is 30.8 Å². The molecule has 1 aromatic rings. The molecule has 0 aromatic heterocycles. The summed E-state index contributed by atoms with van der Waals surface area (Å²) in [5.74, 6) is -2.90. The van der Waals surface area contributed by atoms with Crippen molar-refractivity contribution >= 4 is 29.2 Å². The van der Waals surface area contributed by atoms with E-state index in [0.29, 0.717) is 37.8 Å². The molecule has 3 aliphatic heterocycles. The van der Waals surface area contributed by atoms with Crippen LogP contribution in [0.4, 0.5) is 11.4 Å². The molecule has 9 nitrogen and oxygen atoms in total. The van der Waals surface area contributed by atoms with Gasteiger partial charge in [-0.05, 0) is 69.7 Å². The molecule has 1 spiro atoms. The lowest BCUT2D eigenvalue weighted by atomic mass is 9.65. The second kappa shape index (κ2) is 13.9. The topological polar surface area (TPSA) is 99.6 Å². The Hall–Kier alpha value is -3.17. The molecular formula is C35H51N3O6. The normalized spacial score (nSPS) is 28.4. The van der Waals surface area contributed by atoms with Crippen molar-refractivity contribution in [3.8, 4) is 0 Å². The Labute approximate surface area is 262 Å². The van der Waals surface area contributed by atoms with Crippen molar-refractivity contribution in [1.82, 2.24) is 4.90 Å². The molecule has 0 radical (unpaired) electrons. The third kappa shape index (κ3) is 5.47. The maximum absolute atomic E-state index is 14.9. The third-order valence-electron chi connectivity index (χ3n) is 10.4. The van der Waals surface area contributed by atoms with Crippen molar-refractivity contribution in [1.29, 1.82) is 0 Å². The molecule has 2 amide bonds. The van der Waals surface area contributed by atoms with E-state index in [-0.39, 0.29) is 37.5 Å². The number of rotatable bonds is 16. The van der Waals surface area contributed by atoms with E-state index < -0.39 is 41.1 Å². The van der Waals surface area contributed by atoms with Crippen LogP contribution >= 0.6 is 0 Å². The number of ether oxygens (including phenoxy) is 2. The minimum atomic E-state index is -1.21. The van der Waals surface area contributed by atoms with Crippen LogP contribution in [0.1, 0.15) is 66.7 Å². The van der Waals surface area contributed by atoms with E-state index in [2.05, 4.69) is 31.9 Å². The molecule has 3 aliphatic rings. The van der Waals surface area contributed by atoms with Crippen LogP contribution in [0, 0.1) is 17.8 Å². The Morgan fingerprint density at radius 1 is 1.11 bits per heavy atom. The number of carbonyl (C=O) groups is 3. The van der Waals surface area contributed by atoms with E-state index in [1.165, 1.54) is 0 Å². The SMILES string of the molecule is C=CCCOC(=O)[C@H]1[C@H]2C(=O)N([C@@H](CO)[C@@H](C)CC)C(C(=O)N(CC=C)c3ccc(N(CC)CC)cc3)C23CC[C@]1(CC)O3. The van der Waals surface area contributed by atoms with Gasteiger partial charge in [0.2, 0.25) is 5.91 Å². The van der Waals surface area contributed by atoms with Gasteiger partial charge in [-0.25, -0.2) is 0 Å². The van der Waals surface area contributed by atoms with E-state index in [9.17, 15) is 19.5 Å². The van der Waals surface area contributed by atoms with Crippen LogP contribution in [0.5, 0.6) is 0 Å². The monoisotopic (exact) mass is 609 g/mol. The molecule has 3 saturated heterocycles. The fourth-order valence-electron chi connectivity index (χ4n) is 7.83. The van der Waals surface area contributed by atoms with Crippen LogP contribution in [-0.2, 0) is 23.9 Å². The zero-order chi connectivity index (χ0) is 32.2. The van der Waals surface area contributed by atoms with Gasteiger partial charge in [-0.15, -0.1) is 13.2 Å². The summed E-state index contributed by atoms with van der Waals surface area (Å²) in [7, 11) is 0. The predicted octanol–water partition coefficient (Wildman–Crippen LogP) is 4.73. The van der Waals surface area contributed by atoms with Gasteiger partial charge >= 0.3 is 5.97 Å². The molecule has 3 fully saturated rings. The highest BCUT2D eigenvalue weighted by molar-refractivity contribution is 6.05. The number of benzene rings is 1. The van der Waals surface area contributed by atoms with Crippen molar-refractivity contribution in [2.45, 2.75) is 90.0 Å². The average Bonchev–Trinajstić information content (AvgIpc) is 3.64. The van der Waals surface area contributed by atoms with Crippen molar-refractivity contribution in [2.75, 3.05) is 42.6 Å². The maximum atomic E-state index is 14.9. The van der Waals surface area contributed by atoms with Gasteiger partial charge < -0.3 is 29.3 Å². The first kappa shape index (κ1) is 33.7. The molecular weight excluding hydrogens is 558 g/mol. The van der Waals surface area contributed by atoms with Gasteiger partial charge in [-0.3, -0.25) is 14.4 Å². The zero-order valence-corrected chi connectivity index (χ0v) is 27.2. The average molecular weight is 610 g/mol. The first-order valence-electron chi connectivity index (χ1n) is 16.3. The fourth-order valence-corrected chi connectivity index (χ4v) is 7.83. The lowest BCUT2D eigenvalue weighted by Crippen LogP contribution is -2.60. The molecule has 44 heavy (non-hydrogen) atoms. The van der Waals surface area contributed by atoms with Crippen molar-refractivity contribution in [3.05, 3.63) is 49.6 Å². The summed E-state index contributed by atoms with van der Waals surface area (Å²) >= 11 is 0. The molecule has 4 rings (SSSR count). The summed E-state index contributed by atoms with van der Waals surface area (Å²) < 4.78 is 12.6. The molecule has 1 aromatic carbocycles. The molecule has 0 saturated carbocycles. The van der Waals surface area contributed by atoms with Crippen LogP contribution in [0.15, 0.2) is 49.6 Å². The summed E-state index contributed by atoms with van der Waals surface area (Å²) in [5.41, 5.74) is -0.372. The number of aliphatic hydroxyl groups is 1. The largest absolute Gasteiger partial charge is 0.465 e. The summed E-state index contributed by atoms with van der Waals surface area (Å²) in [5, 5.41) is 10.7. The smallest absolute Gasteiger partial charge is 0.312 e. The molecule has 242 valence electrons. The van der Waals surface area contributed by atoms with E-state index >= 15 is 0 Å². The highest BCUT2D eigenvalue weighted by Crippen LogP contribution is 2.65. The van der Waals surface area contributed by atoms with E-state index in [1.807, 2.05) is 45.0 Å². The molecule has 7 atom stereocenters. The van der Waals surface area contributed by atoms with Gasteiger partial charge in [0.15, 0.2) is 0 Å². The number of hydrogen-bond acceptors (Lipinski definition) is 7. The van der Waals surface area contributed by atoms with E-state index in [4.69, 9.17) is 9.47 Å². The highest BCUT2D eigenvalue weighted by Gasteiger charge is 2.79. The number of anilines is 2. The van der Waals surface area contributed by atoms with Gasteiger partial charge in [-0.2, -0.15) is 0 Å². The molecule has 1 N–H and O–H groups in total. The first-order chi connectivity index (χ1) is 21.1. The predicted molar refractivity (Wildman–Crippen MR) is 172 cm³/mol. The lowest BCUT2D eigenvalue weighted by Gasteiger charge is -2.41. The molecule has 9 heteroatoms. The maximum Gasteiger partial charge on any atom is 0.312 e. The Morgan fingerprint density at radius 2 is 1.77 bits per heavy atom. The summed E-state index contributed by atoms with van der Waals surface area (Å²) in [4.78, 5) is 48.7. The van der Waals surface area contributed by atoms with E-state index in [1.54, 1.807) is 22.0 Å². The number of hydrogen-bond donors (Lipinski definition) is 1. The molecule has 2 unspecified atom stereocenters. The number of aliphatic hydroxyl groups excluding tert-OH is 1. The van der Waals surface area contributed by atoms with Crippen molar-refractivity contribution < 1.29 is 29.0 Å². The minimum absolute atomic E-state index is 0.0917. The minimum Gasteiger partial charge on any atom is -0.465 e. The van der Waals surface area contributed by atoms with Crippen LogP contribution in [0.3, 0.4) is 0 Å². The molecule has 3 heterocycles.